The van der Waals surface area contributed by atoms with Gasteiger partial charge in [0.05, 0.1) is 15.5 Å². The standard InChI is InChI=1S/C16H11ClN4O3S/c17-13-9-11(21(23)24)6-7-12(13)15(22)18-16-20-19-14(25-16)8-10-4-2-1-3-5-10/h1-7,9H,8H2,(H,18,20,22). The second-order valence-corrected chi connectivity index (χ2v) is 6.51. The molecule has 0 saturated heterocycles. The molecule has 0 fully saturated rings. The molecule has 1 aromatic heterocycles. The van der Waals surface area contributed by atoms with Crippen molar-refractivity contribution < 1.29 is 9.72 Å². The zero-order chi connectivity index (χ0) is 17.8. The van der Waals surface area contributed by atoms with Gasteiger partial charge in [-0.05, 0) is 11.6 Å². The molecule has 0 radical (unpaired) electrons. The number of carbonyl (C=O) groups is 1. The third-order valence-electron chi connectivity index (χ3n) is 3.29. The molecule has 2 aromatic carbocycles. The van der Waals surface area contributed by atoms with E-state index in [1.54, 1.807) is 0 Å². The van der Waals surface area contributed by atoms with Gasteiger partial charge in [-0.25, -0.2) is 0 Å². The highest BCUT2D eigenvalue weighted by molar-refractivity contribution is 7.15. The number of nitro groups is 1. The summed E-state index contributed by atoms with van der Waals surface area (Å²) in [6.07, 6.45) is 0.618. The predicted octanol–water partition coefficient (Wildman–Crippen LogP) is 3.94. The molecule has 1 N–H and O–H groups in total. The van der Waals surface area contributed by atoms with Crippen molar-refractivity contribution in [1.29, 1.82) is 0 Å². The Morgan fingerprint density at radius 2 is 1.96 bits per heavy atom. The van der Waals surface area contributed by atoms with Gasteiger partial charge in [0.25, 0.3) is 11.6 Å². The number of nitrogens with zero attached hydrogens (tertiary/aromatic N) is 3. The van der Waals surface area contributed by atoms with E-state index < -0.39 is 10.8 Å². The number of amides is 1. The van der Waals surface area contributed by atoms with Crippen LogP contribution in [0, 0.1) is 10.1 Å². The average Bonchev–Trinajstić information content (AvgIpc) is 3.02. The number of aromatic nitrogens is 2. The Labute approximate surface area is 151 Å². The Balaban J connectivity index is 1.70. The van der Waals surface area contributed by atoms with E-state index in [1.165, 1.54) is 23.5 Å². The minimum Gasteiger partial charge on any atom is -0.296 e. The van der Waals surface area contributed by atoms with E-state index in [0.717, 1.165) is 16.6 Å². The highest BCUT2D eigenvalue weighted by Crippen LogP contribution is 2.24. The smallest absolute Gasteiger partial charge is 0.270 e. The number of halogens is 1. The molecular formula is C16H11ClN4O3S. The number of non-ortho nitro benzene ring substituents is 1. The first-order chi connectivity index (χ1) is 12.0. The van der Waals surface area contributed by atoms with E-state index >= 15 is 0 Å². The second-order valence-electron chi connectivity index (χ2n) is 5.04. The van der Waals surface area contributed by atoms with Gasteiger partial charge >= 0.3 is 0 Å². The number of benzene rings is 2. The van der Waals surface area contributed by atoms with Crippen molar-refractivity contribution in [2.45, 2.75) is 6.42 Å². The fourth-order valence-electron chi connectivity index (χ4n) is 2.11. The second kappa shape index (κ2) is 7.37. The Hall–Kier alpha value is -2.84. The first kappa shape index (κ1) is 17.0. The quantitative estimate of drug-likeness (QED) is 0.538. The molecule has 126 valence electrons. The van der Waals surface area contributed by atoms with Gasteiger partial charge < -0.3 is 0 Å². The van der Waals surface area contributed by atoms with Gasteiger partial charge in [-0.15, -0.1) is 10.2 Å². The lowest BCUT2D eigenvalue weighted by Crippen LogP contribution is -2.12. The summed E-state index contributed by atoms with van der Waals surface area (Å²) in [6.45, 7) is 0. The minimum atomic E-state index is -0.575. The maximum absolute atomic E-state index is 12.3. The number of hydrogen-bond acceptors (Lipinski definition) is 6. The zero-order valence-electron chi connectivity index (χ0n) is 12.7. The third-order valence-corrected chi connectivity index (χ3v) is 4.44. The number of carbonyl (C=O) groups excluding carboxylic acids is 1. The van der Waals surface area contributed by atoms with Crippen molar-refractivity contribution in [1.82, 2.24) is 10.2 Å². The molecule has 0 aliphatic rings. The molecule has 0 bridgehead atoms. The first-order valence-electron chi connectivity index (χ1n) is 7.14. The van der Waals surface area contributed by atoms with Crippen LogP contribution in [0.5, 0.6) is 0 Å². The van der Waals surface area contributed by atoms with Crippen LogP contribution in [0.15, 0.2) is 48.5 Å². The highest BCUT2D eigenvalue weighted by Gasteiger charge is 2.16. The Morgan fingerprint density at radius 1 is 1.20 bits per heavy atom. The third kappa shape index (κ3) is 4.17. The van der Waals surface area contributed by atoms with Gasteiger partial charge in [0.2, 0.25) is 5.13 Å². The van der Waals surface area contributed by atoms with E-state index in [2.05, 4.69) is 15.5 Å². The Bertz CT molecular complexity index is 930. The maximum Gasteiger partial charge on any atom is 0.270 e. The molecule has 0 unspecified atom stereocenters. The molecule has 0 saturated carbocycles. The van der Waals surface area contributed by atoms with Gasteiger partial charge in [-0.1, -0.05) is 53.3 Å². The summed E-state index contributed by atoms with van der Waals surface area (Å²) < 4.78 is 0. The molecule has 1 amide bonds. The summed E-state index contributed by atoms with van der Waals surface area (Å²) in [4.78, 5) is 22.4. The number of nitro benzene ring substituents is 1. The van der Waals surface area contributed by atoms with Crippen LogP contribution in [0.4, 0.5) is 10.8 Å². The van der Waals surface area contributed by atoms with Crippen LogP contribution < -0.4 is 5.32 Å². The molecule has 0 aliphatic carbocycles. The van der Waals surface area contributed by atoms with Crippen molar-refractivity contribution in [3.8, 4) is 0 Å². The largest absolute Gasteiger partial charge is 0.296 e. The average molecular weight is 375 g/mol. The van der Waals surface area contributed by atoms with Gasteiger partial charge in [0.1, 0.15) is 5.01 Å². The van der Waals surface area contributed by atoms with E-state index in [-0.39, 0.29) is 16.3 Å². The molecule has 7 nitrogen and oxygen atoms in total. The van der Waals surface area contributed by atoms with Crippen LogP contribution in [0.25, 0.3) is 0 Å². The fraction of sp³-hybridized carbons (Fsp3) is 0.0625. The van der Waals surface area contributed by atoms with Crippen LogP contribution in [-0.4, -0.2) is 21.0 Å². The van der Waals surface area contributed by atoms with Gasteiger partial charge in [0, 0.05) is 18.6 Å². The maximum atomic E-state index is 12.3. The van der Waals surface area contributed by atoms with E-state index in [9.17, 15) is 14.9 Å². The van der Waals surface area contributed by atoms with Crippen LogP contribution in [0.1, 0.15) is 20.9 Å². The lowest BCUT2D eigenvalue weighted by molar-refractivity contribution is -0.384. The monoisotopic (exact) mass is 374 g/mol. The van der Waals surface area contributed by atoms with Crippen LogP contribution in [0.3, 0.4) is 0 Å². The fourth-order valence-corrected chi connectivity index (χ4v) is 3.14. The summed E-state index contributed by atoms with van der Waals surface area (Å²) in [5.74, 6) is -0.498. The number of anilines is 1. The van der Waals surface area contributed by atoms with Crippen LogP contribution in [0.2, 0.25) is 5.02 Å². The lowest BCUT2D eigenvalue weighted by Gasteiger charge is -2.03. The summed E-state index contributed by atoms with van der Waals surface area (Å²) in [6, 6.07) is 13.4. The molecule has 3 aromatic rings. The van der Waals surface area contributed by atoms with Gasteiger partial charge in [-0.2, -0.15) is 0 Å². The Kier molecular flexibility index (Phi) is 5.01. The molecule has 9 heteroatoms. The SMILES string of the molecule is O=C(Nc1nnc(Cc2ccccc2)s1)c1ccc([N+](=O)[O-])cc1Cl. The molecule has 0 aliphatic heterocycles. The molecule has 0 atom stereocenters. The number of rotatable bonds is 5. The molecule has 3 rings (SSSR count). The summed E-state index contributed by atoms with van der Waals surface area (Å²) in [5.41, 5.74) is 1.05. The van der Waals surface area contributed by atoms with E-state index in [0.29, 0.717) is 11.6 Å². The number of nitrogens with one attached hydrogen (secondary N) is 1. The Morgan fingerprint density at radius 3 is 2.64 bits per heavy atom. The predicted molar refractivity (Wildman–Crippen MR) is 95.2 cm³/mol. The van der Waals surface area contributed by atoms with Gasteiger partial charge in [0.15, 0.2) is 0 Å². The van der Waals surface area contributed by atoms with Crippen LogP contribution in [-0.2, 0) is 6.42 Å². The summed E-state index contributed by atoms with van der Waals surface area (Å²) in [5, 5.41) is 22.4. The van der Waals surface area contributed by atoms with Gasteiger partial charge in [-0.3, -0.25) is 20.2 Å². The van der Waals surface area contributed by atoms with Crippen molar-refractivity contribution in [3.05, 3.63) is 79.8 Å². The highest BCUT2D eigenvalue weighted by atomic mass is 35.5. The zero-order valence-corrected chi connectivity index (χ0v) is 14.3. The van der Waals surface area contributed by atoms with Crippen molar-refractivity contribution in [2.24, 2.45) is 0 Å². The topological polar surface area (TPSA) is 98.0 Å². The molecule has 0 spiro atoms. The van der Waals surface area contributed by atoms with Crippen molar-refractivity contribution >= 4 is 39.7 Å². The first-order valence-corrected chi connectivity index (χ1v) is 8.34. The lowest BCUT2D eigenvalue weighted by atomic mass is 10.2. The number of hydrogen-bond donors (Lipinski definition) is 1. The molecular weight excluding hydrogens is 364 g/mol. The minimum absolute atomic E-state index is 0.000671. The summed E-state index contributed by atoms with van der Waals surface area (Å²) in [7, 11) is 0. The van der Waals surface area contributed by atoms with Crippen LogP contribution >= 0.6 is 22.9 Å². The van der Waals surface area contributed by atoms with Crippen molar-refractivity contribution in [3.63, 3.8) is 0 Å². The normalized spacial score (nSPS) is 10.4. The summed E-state index contributed by atoms with van der Waals surface area (Å²) >= 11 is 7.21. The van der Waals surface area contributed by atoms with E-state index in [1.807, 2.05) is 30.3 Å². The van der Waals surface area contributed by atoms with Crippen molar-refractivity contribution in [2.75, 3.05) is 5.32 Å². The van der Waals surface area contributed by atoms with E-state index in [4.69, 9.17) is 11.6 Å². The molecule has 25 heavy (non-hydrogen) atoms. The molecule has 1 heterocycles.